The zero-order valence-corrected chi connectivity index (χ0v) is 18.0. The van der Waals surface area contributed by atoms with Crippen LogP contribution in [-0.2, 0) is 14.3 Å². The van der Waals surface area contributed by atoms with E-state index in [-0.39, 0.29) is 37.2 Å². The first-order chi connectivity index (χ1) is 15.1. The molecule has 12 nitrogen and oxygen atoms in total. The molecule has 0 radical (unpaired) electrons. The van der Waals surface area contributed by atoms with E-state index >= 15 is 0 Å². The topological polar surface area (TPSA) is 183 Å². The minimum atomic E-state index is -1.15. The molecule has 0 saturated carbocycles. The molecule has 174 valence electrons. The summed E-state index contributed by atoms with van der Waals surface area (Å²) in [5.41, 5.74) is 11.2. The summed E-state index contributed by atoms with van der Waals surface area (Å²) in [6.07, 6.45) is 4.64. The van der Waals surface area contributed by atoms with E-state index in [1.54, 1.807) is 18.2 Å². The molecule has 0 aliphatic carbocycles. The van der Waals surface area contributed by atoms with Crippen LogP contribution in [0.25, 0.3) is 11.2 Å². The summed E-state index contributed by atoms with van der Waals surface area (Å²) >= 11 is 0. The molecule has 1 amide bonds. The molecule has 0 aromatic carbocycles. The Labute approximate surface area is 184 Å². The van der Waals surface area contributed by atoms with Crippen LogP contribution in [0.3, 0.4) is 0 Å². The molecule has 2 saturated heterocycles. The number of nitrogen functional groups attached to an aromatic ring is 1. The summed E-state index contributed by atoms with van der Waals surface area (Å²) in [6, 6.07) is -1.18. The Hall–Kier alpha value is -2.83. The molecule has 4 heterocycles. The molecule has 6 N–H and O–H groups in total. The van der Waals surface area contributed by atoms with E-state index in [1.165, 1.54) is 6.33 Å². The number of aliphatic carboxylic acids is 1. The molecular weight excluding hydrogens is 418 g/mol. The normalized spacial score (nSPS) is 26.3. The van der Waals surface area contributed by atoms with Crippen molar-refractivity contribution < 1.29 is 24.5 Å². The van der Waals surface area contributed by atoms with E-state index in [0.29, 0.717) is 43.5 Å². The van der Waals surface area contributed by atoms with E-state index < -0.39 is 23.2 Å². The van der Waals surface area contributed by atoms with Gasteiger partial charge in [0.2, 0.25) is 5.91 Å². The molecule has 0 bridgehead atoms. The number of anilines is 1. The fraction of sp³-hybridized carbons (Fsp3) is 0.650. The molecule has 0 unspecified atom stereocenters. The van der Waals surface area contributed by atoms with E-state index in [9.17, 15) is 14.7 Å². The summed E-state index contributed by atoms with van der Waals surface area (Å²) in [5.74, 6) is -0.937. The maximum absolute atomic E-state index is 12.6. The molecule has 1 spiro atoms. The number of piperidine rings is 1. The van der Waals surface area contributed by atoms with Gasteiger partial charge in [-0.05, 0) is 26.2 Å². The van der Waals surface area contributed by atoms with Crippen molar-refractivity contribution in [3.05, 3.63) is 12.7 Å². The van der Waals surface area contributed by atoms with E-state index in [4.69, 9.17) is 21.3 Å². The Bertz CT molecular complexity index is 1010. The second-order valence-electron chi connectivity index (χ2n) is 9.00. The highest BCUT2D eigenvalue weighted by molar-refractivity contribution is 5.82. The molecule has 2 aliphatic rings. The number of carboxylic acids is 1. The van der Waals surface area contributed by atoms with E-state index in [2.05, 4.69) is 15.0 Å². The number of carboxylic acid groups (broad SMARTS) is 1. The second-order valence-corrected chi connectivity index (χ2v) is 9.00. The van der Waals surface area contributed by atoms with Crippen LogP contribution in [0.1, 0.15) is 45.1 Å². The van der Waals surface area contributed by atoms with Gasteiger partial charge in [-0.1, -0.05) is 0 Å². The van der Waals surface area contributed by atoms with Gasteiger partial charge in [-0.2, -0.15) is 0 Å². The SMILES string of the molecule is C[C@]1(O)COC2(CCN(C(=O)[C@@H](N)CCC(=O)O)CC2)C[C@@H]1n1cnc2c(N)ncnc21. The van der Waals surface area contributed by atoms with Crippen molar-refractivity contribution in [3.63, 3.8) is 0 Å². The third-order valence-corrected chi connectivity index (χ3v) is 6.65. The minimum absolute atomic E-state index is 0.107. The van der Waals surface area contributed by atoms with Crippen molar-refractivity contribution in [3.8, 4) is 0 Å². The number of likely N-dealkylation sites (tertiary alicyclic amines) is 1. The van der Waals surface area contributed by atoms with Crippen molar-refractivity contribution in [1.29, 1.82) is 0 Å². The van der Waals surface area contributed by atoms with Crippen LogP contribution < -0.4 is 11.5 Å². The van der Waals surface area contributed by atoms with Crippen LogP contribution in [-0.4, -0.2) is 83.4 Å². The Kier molecular flexibility index (Phi) is 5.77. The number of carbonyl (C=O) groups is 2. The predicted molar refractivity (Wildman–Crippen MR) is 113 cm³/mol. The largest absolute Gasteiger partial charge is 0.481 e. The summed E-state index contributed by atoms with van der Waals surface area (Å²) in [5, 5.41) is 19.9. The lowest BCUT2D eigenvalue weighted by molar-refractivity contribution is -0.201. The Morgan fingerprint density at radius 3 is 2.72 bits per heavy atom. The lowest BCUT2D eigenvalue weighted by Gasteiger charge is -2.51. The van der Waals surface area contributed by atoms with E-state index in [1.807, 2.05) is 4.57 Å². The van der Waals surface area contributed by atoms with Crippen LogP contribution in [0.15, 0.2) is 12.7 Å². The first-order valence-electron chi connectivity index (χ1n) is 10.7. The number of hydrogen-bond donors (Lipinski definition) is 4. The van der Waals surface area contributed by atoms with Crippen LogP contribution in [0.2, 0.25) is 0 Å². The highest BCUT2D eigenvalue weighted by Gasteiger charge is 2.50. The maximum Gasteiger partial charge on any atom is 0.303 e. The first-order valence-corrected chi connectivity index (χ1v) is 10.7. The van der Waals surface area contributed by atoms with Gasteiger partial charge in [0.25, 0.3) is 0 Å². The number of nitrogens with zero attached hydrogens (tertiary/aromatic N) is 5. The first kappa shape index (κ1) is 22.4. The fourth-order valence-corrected chi connectivity index (χ4v) is 4.64. The summed E-state index contributed by atoms with van der Waals surface area (Å²) in [7, 11) is 0. The van der Waals surface area contributed by atoms with Crippen molar-refractivity contribution in [2.75, 3.05) is 25.4 Å². The second kappa shape index (κ2) is 8.26. The Morgan fingerprint density at radius 2 is 2.03 bits per heavy atom. The zero-order chi connectivity index (χ0) is 23.1. The van der Waals surface area contributed by atoms with Gasteiger partial charge in [0, 0.05) is 25.9 Å². The van der Waals surface area contributed by atoms with Crippen molar-refractivity contribution in [1.82, 2.24) is 24.4 Å². The highest BCUT2D eigenvalue weighted by Crippen LogP contribution is 2.44. The van der Waals surface area contributed by atoms with Crippen LogP contribution in [0, 0.1) is 0 Å². The molecule has 2 aromatic heterocycles. The van der Waals surface area contributed by atoms with Crippen molar-refractivity contribution in [2.45, 2.75) is 62.3 Å². The Morgan fingerprint density at radius 1 is 1.31 bits per heavy atom. The number of amides is 1. The van der Waals surface area contributed by atoms with E-state index in [0.717, 1.165) is 0 Å². The standard InChI is InChI=1S/C20H29N7O5/c1-19(31)9-32-20(4-6-26(7-5-20)18(30)12(21)2-3-14(28)29)8-13(19)27-11-25-15-16(22)23-10-24-17(15)27/h10-13,31H,2-9,21H2,1H3,(H,28,29)(H2,22,23,24)/t12-,13-,19-/m0/s1. The number of imidazole rings is 1. The van der Waals surface area contributed by atoms with Crippen molar-refractivity contribution in [2.24, 2.45) is 5.73 Å². The van der Waals surface area contributed by atoms with Gasteiger partial charge in [-0.3, -0.25) is 9.59 Å². The number of rotatable bonds is 5. The number of aliphatic hydroxyl groups is 1. The summed E-state index contributed by atoms with van der Waals surface area (Å²) in [6.45, 7) is 2.76. The number of aromatic nitrogens is 4. The molecule has 32 heavy (non-hydrogen) atoms. The van der Waals surface area contributed by atoms with Crippen LogP contribution in [0.5, 0.6) is 0 Å². The lowest BCUT2D eigenvalue weighted by Crippen LogP contribution is -2.58. The van der Waals surface area contributed by atoms with Gasteiger partial charge in [0.15, 0.2) is 11.5 Å². The highest BCUT2D eigenvalue weighted by atomic mass is 16.5. The average molecular weight is 447 g/mol. The molecule has 12 heteroatoms. The predicted octanol–water partition coefficient (Wildman–Crippen LogP) is -0.326. The number of fused-ring (bicyclic) bond motifs is 1. The monoisotopic (exact) mass is 447 g/mol. The molecule has 2 aliphatic heterocycles. The van der Waals surface area contributed by atoms with Crippen molar-refractivity contribution >= 4 is 28.9 Å². The van der Waals surface area contributed by atoms with Gasteiger partial charge in [0.05, 0.1) is 30.6 Å². The number of nitrogens with two attached hydrogens (primary N) is 2. The molecular formula is C20H29N7O5. The zero-order valence-electron chi connectivity index (χ0n) is 18.0. The van der Waals surface area contributed by atoms with Gasteiger partial charge in [0.1, 0.15) is 17.4 Å². The number of ether oxygens (including phenoxy) is 1. The summed E-state index contributed by atoms with van der Waals surface area (Å²) < 4.78 is 8.00. The third-order valence-electron chi connectivity index (χ3n) is 6.65. The maximum atomic E-state index is 12.6. The number of carbonyl (C=O) groups excluding carboxylic acids is 1. The molecule has 2 fully saturated rings. The van der Waals surface area contributed by atoms with Gasteiger partial charge >= 0.3 is 5.97 Å². The molecule has 3 atom stereocenters. The smallest absolute Gasteiger partial charge is 0.303 e. The lowest BCUT2D eigenvalue weighted by atomic mass is 9.77. The van der Waals surface area contributed by atoms with Crippen LogP contribution >= 0.6 is 0 Å². The van der Waals surface area contributed by atoms with Gasteiger partial charge in [-0.15, -0.1) is 0 Å². The molecule has 4 rings (SSSR count). The summed E-state index contributed by atoms with van der Waals surface area (Å²) in [4.78, 5) is 37.6. The fourth-order valence-electron chi connectivity index (χ4n) is 4.64. The van der Waals surface area contributed by atoms with Gasteiger partial charge < -0.3 is 35.9 Å². The van der Waals surface area contributed by atoms with Crippen LogP contribution in [0.4, 0.5) is 5.82 Å². The molecule has 2 aromatic rings. The number of hydrogen-bond acceptors (Lipinski definition) is 9. The quantitative estimate of drug-likeness (QED) is 0.473. The van der Waals surface area contributed by atoms with Gasteiger partial charge in [-0.25, -0.2) is 15.0 Å². The third kappa shape index (κ3) is 4.12. The Balaban J connectivity index is 1.48. The minimum Gasteiger partial charge on any atom is -0.481 e. The average Bonchev–Trinajstić information content (AvgIpc) is 3.19.